The second-order valence-electron chi connectivity index (χ2n) is 4.60. The molecule has 4 nitrogen and oxygen atoms in total. The average molecular weight is 253 g/mol. The molecule has 5 heteroatoms. The lowest BCUT2D eigenvalue weighted by Gasteiger charge is -2.31. The first-order valence-electron chi connectivity index (χ1n) is 6.21. The molecule has 0 atom stereocenters. The quantitative estimate of drug-likeness (QED) is 0.899. The number of anilines is 1. The molecule has 0 unspecified atom stereocenters. The van der Waals surface area contributed by atoms with Crippen molar-refractivity contribution >= 4 is 22.4 Å². The van der Waals surface area contributed by atoms with Crippen LogP contribution >= 0.6 is 11.3 Å². The van der Waals surface area contributed by atoms with Crippen LogP contribution in [-0.2, 0) is 0 Å². The summed E-state index contributed by atoms with van der Waals surface area (Å²) in [6, 6.07) is 0. The molecule has 0 bridgehead atoms. The Bertz CT molecular complexity index is 383. The summed E-state index contributed by atoms with van der Waals surface area (Å²) < 4.78 is 0. The molecule has 94 valence electrons. The first-order chi connectivity index (χ1) is 8.20. The summed E-state index contributed by atoms with van der Waals surface area (Å²) in [5.74, 6) is 0.831. The molecule has 1 fully saturated rings. The minimum absolute atomic E-state index is 0.0351. The summed E-state index contributed by atoms with van der Waals surface area (Å²) in [5.41, 5.74) is 6.05. The summed E-state index contributed by atoms with van der Waals surface area (Å²) in [7, 11) is 0. The van der Waals surface area contributed by atoms with Gasteiger partial charge in [0.25, 0.3) is 5.91 Å². The van der Waals surface area contributed by atoms with Crippen LogP contribution < -0.4 is 5.73 Å². The smallest absolute Gasteiger partial charge is 0.273 e. The fourth-order valence-corrected chi connectivity index (χ4v) is 2.92. The van der Waals surface area contributed by atoms with E-state index < -0.39 is 0 Å². The van der Waals surface area contributed by atoms with Crippen molar-refractivity contribution in [2.45, 2.75) is 32.6 Å². The van der Waals surface area contributed by atoms with Gasteiger partial charge in [-0.3, -0.25) is 4.79 Å². The lowest BCUT2D eigenvalue weighted by molar-refractivity contribution is 0.0681. The number of aromatic nitrogens is 1. The molecular weight excluding hydrogens is 234 g/mol. The van der Waals surface area contributed by atoms with E-state index in [1.807, 2.05) is 4.90 Å². The van der Waals surface area contributed by atoms with E-state index in [9.17, 15) is 4.79 Å². The van der Waals surface area contributed by atoms with Crippen LogP contribution in [0.5, 0.6) is 0 Å². The maximum Gasteiger partial charge on any atom is 0.273 e. The third kappa shape index (κ3) is 2.97. The molecule has 1 aliphatic heterocycles. The molecule has 1 aromatic rings. The minimum atomic E-state index is 0.0351. The Labute approximate surface area is 106 Å². The Morgan fingerprint density at radius 2 is 2.29 bits per heavy atom. The zero-order chi connectivity index (χ0) is 12.3. The Morgan fingerprint density at radius 3 is 2.82 bits per heavy atom. The number of thiazole rings is 1. The molecule has 0 aromatic carbocycles. The predicted octanol–water partition coefficient (Wildman–Crippen LogP) is 2.38. The van der Waals surface area contributed by atoms with Crippen molar-refractivity contribution in [1.29, 1.82) is 0 Å². The number of likely N-dealkylation sites (tertiary alicyclic amines) is 1. The standard InChI is InChI=1S/C12H19N3OS/c1-2-3-9-4-6-15(7-5-9)11(16)10-8-17-12(13)14-10/h8-9H,2-7H2,1H3,(H2,13,14). The molecule has 2 rings (SSSR count). The van der Waals surface area contributed by atoms with Crippen molar-refractivity contribution < 1.29 is 4.79 Å². The largest absolute Gasteiger partial charge is 0.375 e. The number of hydrogen-bond donors (Lipinski definition) is 1. The van der Waals surface area contributed by atoms with E-state index in [1.165, 1.54) is 24.2 Å². The van der Waals surface area contributed by atoms with Crippen molar-refractivity contribution in [3.63, 3.8) is 0 Å². The van der Waals surface area contributed by atoms with Gasteiger partial charge in [-0.25, -0.2) is 4.98 Å². The zero-order valence-corrected chi connectivity index (χ0v) is 11.0. The first kappa shape index (κ1) is 12.4. The second kappa shape index (κ2) is 5.49. The second-order valence-corrected chi connectivity index (χ2v) is 5.48. The van der Waals surface area contributed by atoms with Crippen LogP contribution in [0.2, 0.25) is 0 Å². The van der Waals surface area contributed by atoms with Crippen LogP contribution in [-0.4, -0.2) is 28.9 Å². The molecule has 2 heterocycles. The molecule has 0 spiro atoms. The van der Waals surface area contributed by atoms with E-state index in [1.54, 1.807) is 5.38 Å². The van der Waals surface area contributed by atoms with Crippen molar-refractivity contribution in [2.75, 3.05) is 18.8 Å². The minimum Gasteiger partial charge on any atom is -0.375 e. The number of amides is 1. The average Bonchev–Trinajstić information content (AvgIpc) is 2.76. The third-order valence-corrected chi connectivity index (χ3v) is 4.01. The fourth-order valence-electron chi connectivity index (χ4n) is 2.38. The number of hydrogen-bond acceptors (Lipinski definition) is 4. The summed E-state index contributed by atoms with van der Waals surface area (Å²) in [4.78, 5) is 18.0. The van der Waals surface area contributed by atoms with Gasteiger partial charge in [0.05, 0.1) is 0 Å². The molecule has 1 amide bonds. The SMILES string of the molecule is CCCC1CCN(C(=O)c2csc(N)n2)CC1. The normalized spacial score (nSPS) is 17.4. The van der Waals surface area contributed by atoms with Crippen molar-refractivity contribution in [3.05, 3.63) is 11.1 Å². The van der Waals surface area contributed by atoms with Crippen LogP contribution in [0.15, 0.2) is 5.38 Å². The van der Waals surface area contributed by atoms with E-state index in [4.69, 9.17) is 5.73 Å². The van der Waals surface area contributed by atoms with E-state index in [0.29, 0.717) is 10.8 Å². The van der Waals surface area contributed by atoms with Gasteiger partial charge in [-0.15, -0.1) is 11.3 Å². The summed E-state index contributed by atoms with van der Waals surface area (Å²) in [5, 5.41) is 2.21. The van der Waals surface area contributed by atoms with Crippen LogP contribution in [0.4, 0.5) is 5.13 Å². The predicted molar refractivity (Wildman–Crippen MR) is 70.1 cm³/mol. The highest BCUT2D eigenvalue weighted by Crippen LogP contribution is 2.23. The van der Waals surface area contributed by atoms with E-state index in [-0.39, 0.29) is 5.91 Å². The molecule has 17 heavy (non-hydrogen) atoms. The van der Waals surface area contributed by atoms with Crippen LogP contribution in [0.25, 0.3) is 0 Å². The number of nitrogens with two attached hydrogens (primary N) is 1. The zero-order valence-electron chi connectivity index (χ0n) is 10.2. The van der Waals surface area contributed by atoms with Crippen molar-refractivity contribution in [3.8, 4) is 0 Å². The number of carbonyl (C=O) groups is 1. The Kier molecular flexibility index (Phi) is 3.99. The van der Waals surface area contributed by atoms with Gasteiger partial charge < -0.3 is 10.6 Å². The number of carbonyl (C=O) groups excluding carboxylic acids is 1. The lowest BCUT2D eigenvalue weighted by atomic mass is 9.92. The van der Waals surface area contributed by atoms with Gasteiger partial charge in [0.15, 0.2) is 5.13 Å². The highest BCUT2D eigenvalue weighted by Gasteiger charge is 2.24. The van der Waals surface area contributed by atoms with Crippen LogP contribution in [0.3, 0.4) is 0 Å². The number of nitrogen functional groups attached to an aromatic ring is 1. The van der Waals surface area contributed by atoms with Crippen molar-refractivity contribution in [2.24, 2.45) is 5.92 Å². The summed E-state index contributed by atoms with van der Waals surface area (Å²) >= 11 is 1.32. The molecule has 0 radical (unpaired) electrons. The molecular formula is C12H19N3OS. The van der Waals surface area contributed by atoms with Gasteiger partial charge >= 0.3 is 0 Å². The Hall–Kier alpha value is -1.10. The molecule has 0 aliphatic carbocycles. The Balaban J connectivity index is 1.90. The van der Waals surface area contributed by atoms with E-state index in [0.717, 1.165) is 31.8 Å². The van der Waals surface area contributed by atoms with Crippen molar-refractivity contribution in [1.82, 2.24) is 9.88 Å². The van der Waals surface area contributed by atoms with E-state index >= 15 is 0 Å². The van der Waals surface area contributed by atoms with Gasteiger partial charge in [-0.1, -0.05) is 19.8 Å². The first-order valence-corrected chi connectivity index (χ1v) is 7.09. The van der Waals surface area contributed by atoms with Gasteiger partial charge in [-0.05, 0) is 18.8 Å². The number of piperidine rings is 1. The van der Waals surface area contributed by atoms with Crippen LogP contribution in [0.1, 0.15) is 43.1 Å². The summed E-state index contributed by atoms with van der Waals surface area (Å²) in [6.07, 6.45) is 4.77. The molecule has 1 aliphatic rings. The van der Waals surface area contributed by atoms with Gasteiger partial charge in [0, 0.05) is 18.5 Å². The highest BCUT2D eigenvalue weighted by atomic mass is 32.1. The molecule has 0 saturated carbocycles. The van der Waals surface area contributed by atoms with Gasteiger partial charge in [0.1, 0.15) is 5.69 Å². The van der Waals surface area contributed by atoms with Gasteiger partial charge in [-0.2, -0.15) is 0 Å². The molecule has 1 aromatic heterocycles. The van der Waals surface area contributed by atoms with E-state index in [2.05, 4.69) is 11.9 Å². The highest BCUT2D eigenvalue weighted by molar-refractivity contribution is 7.13. The summed E-state index contributed by atoms with van der Waals surface area (Å²) in [6.45, 7) is 3.94. The fraction of sp³-hybridized carbons (Fsp3) is 0.667. The molecule has 2 N–H and O–H groups in total. The topological polar surface area (TPSA) is 59.2 Å². The van der Waals surface area contributed by atoms with Crippen LogP contribution in [0, 0.1) is 5.92 Å². The molecule has 1 saturated heterocycles. The van der Waals surface area contributed by atoms with Gasteiger partial charge in [0.2, 0.25) is 0 Å². The maximum atomic E-state index is 12.1. The maximum absolute atomic E-state index is 12.1. The lowest BCUT2D eigenvalue weighted by Crippen LogP contribution is -2.38. The monoisotopic (exact) mass is 253 g/mol. The number of nitrogens with zero attached hydrogens (tertiary/aromatic N) is 2. The Morgan fingerprint density at radius 1 is 1.59 bits per heavy atom. The third-order valence-electron chi connectivity index (χ3n) is 3.34. The number of rotatable bonds is 3.